The molecule has 5 nitrogen and oxygen atoms in total. The highest BCUT2D eigenvalue weighted by Gasteiger charge is 2.40. The monoisotopic (exact) mass is 405 g/mol. The molecule has 3 aromatic rings. The number of carbonyl (C=O) groups is 2. The molecule has 0 radical (unpaired) electrons. The summed E-state index contributed by atoms with van der Waals surface area (Å²) >= 11 is 13.7. The van der Waals surface area contributed by atoms with Crippen LogP contribution in [-0.2, 0) is 10.2 Å². The number of rotatable bonds is 2. The molecule has 2 amide bonds. The van der Waals surface area contributed by atoms with Crippen molar-refractivity contribution < 1.29 is 9.59 Å². The lowest BCUT2D eigenvalue weighted by molar-refractivity contribution is -0.125. The fourth-order valence-corrected chi connectivity index (χ4v) is 4.47. The van der Waals surface area contributed by atoms with Crippen molar-refractivity contribution in [2.75, 3.05) is 5.32 Å². The molecule has 0 fully saturated rings. The lowest BCUT2D eigenvalue weighted by Crippen LogP contribution is -2.48. The van der Waals surface area contributed by atoms with Gasteiger partial charge in [-0.25, -0.2) is 4.98 Å². The van der Waals surface area contributed by atoms with Crippen LogP contribution in [0.5, 0.6) is 0 Å². The molecule has 2 N–H and O–H groups in total. The normalized spacial score (nSPS) is 15.7. The number of thiazole rings is 1. The van der Waals surface area contributed by atoms with Crippen LogP contribution >= 0.6 is 34.5 Å². The zero-order valence-electron chi connectivity index (χ0n) is 13.8. The summed E-state index contributed by atoms with van der Waals surface area (Å²) in [6.07, 6.45) is 0. The predicted molar refractivity (Wildman–Crippen MR) is 105 cm³/mol. The lowest BCUT2D eigenvalue weighted by atomic mass is 9.78. The summed E-state index contributed by atoms with van der Waals surface area (Å²) in [6, 6.07) is 8.82. The van der Waals surface area contributed by atoms with Gasteiger partial charge in [-0.15, -0.1) is 0 Å². The van der Waals surface area contributed by atoms with Crippen LogP contribution in [0.4, 0.5) is 10.8 Å². The number of amides is 2. The quantitative estimate of drug-likeness (QED) is 0.595. The first-order chi connectivity index (χ1) is 12.3. The molecule has 26 heavy (non-hydrogen) atoms. The molecular weight excluding hydrogens is 393 g/mol. The second-order valence-corrected chi connectivity index (χ2v) is 8.30. The maximum atomic E-state index is 12.5. The van der Waals surface area contributed by atoms with Gasteiger partial charge in [-0.1, -0.05) is 46.7 Å². The Bertz CT molecular complexity index is 1070. The molecule has 0 unspecified atom stereocenters. The van der Waals surface area contributed by atoms with Crippen LogP contribution in [0.1, 0.15) is 29.8 Å². The third kappa shape index (κ3) is 2.57. The molecule has 4 rings (SSSR count). The van der Waals surface area contributed by atoms with E-state index >= 15 is 0 Å². The maximum Gasteiger partial charge on any atom is 0.259 e. The Morgan fingerprint density at radius 2 is 1.81 bits per heavy atom. The number of anilines is 2. The molecule has 1 aliphatic heterocycles. The first-order valence-corrected chi connectivity index (χ1v) is 9.37. The van der Waals surface area contributed by atoms with E-state index in [1.54, 1.807) is 38.1 Å². The highest BCUT2D eigenvalue weighted by Crippen LogP contribution is 2.40. The Kier molecular flexibility index (Phi) is 3.95. The minimum absolute atomic E-state index is 0.305. The zero-order valence-corrected chi connectivity index (χ0v) is 16.1. The van der Waals surface area contributed by atoms with Crippen molar-refractivity contribution >= 4 is 67.4 Å². The smallest absolute Gasteiger partial charge is 0.259 e. The van der Waals surface area contributed by atoms with Crippen LogP contribution in [0.15, 0.2) is 30.3 Å². The third-order valence-corrected chi connectivity index (χ3v) is 6.08. The SMILES string of the molecule is CC1(C)C(=O)NC(=O)c2c1ccc1nc(Nc3c(Cl)cccc3Cl)sc21. The summed E-state index contributed by atoms with van der Waals surface area (Å²) in [5, 5.41) is 7.07. The largest absolute Gasteiger partial charge is 0.329 e. The van der Waals surface area contributed by atoms with Crippen LogP contribution in [0.25, 0.3) is 10.2 Å². The Morgan fingerprint density at radius 3 is 2.50 bits per heavy atom. The van der Waals surface area contributed by atoms with Crippen molar-refractivity contribution in [3.8, 4) is 0 Å². The van der Waals surface area contributed by atoms with Gasteiger partial charge < -0.3 is 5.32 Å². The van der Waals surface area contributed by atoms with Crippen molar-refractivity contribution in [2.24, 2.45) is 0 Å². The van der Waals surface area contributed by atoms with E-state index in [1.807, 2.05) is 6.07 Å². The number of carbonyl (C=O) groups excluding carboxylic acids is 2. The van der Waals surface area contributed by atoms with Gasteiger partial charge in [-0.2, -0.15) is 0 Å². The van der Waals surface area contributed by atoms with E-state index in [0.29, 0.717) is 42.2 Å². The van der Waals surface area contributed by atoms with Crippen LogP contribution < -0.4 is 10.6 Å². The van der Waals surface area contributed by atoms with Crippen LogP contribution in [0, 0.1) is 0 Å². The van der Waals surface area contributed by atoms with Gasteiger partial charge in [0.05, 0.1) is 36.9 Å². The van der Waals surface area contributed by atoms with Gasteiger partial charge in [0.1, 0.15) is 0 Å². The highest BCUT2D eigenvalue weighted by molar-refractivity contribution is 7.22. The van der Waals surface area contributed by atoms with E-state index in [4.69, 9.17) is 23.2 Å². The van der Waals surface area contributed by atoms with Crippen molar-refractivity contribution in [1.29, 1.82) is 0 Å². The van der Waals surface area contributed by atoms with Gasteiger partial charge in [0.2, 0.25) is 5.91 Å². The number of hydrogen-bond acceptors (Lipinski definition) is 5. The molecule has 0 aliphatic carbocycles. The van der Waals surface area contributed by atoms with E-state index < -0.39 is 11.3 Å². The van der Waals surface area contributed by atoms with Crippen molar-refractivity contribution in [2.45, 2.75) is 19.3 Å². The van der Waals surface area contributed by atoms with E-state index in [9.17, 15) is 9.59 Å². The Morgan fingerprint density at radius 1 is 1.12 bits per heavy atom. The molecule has 0 spiro atoms. The third-order valence-electron chi connectivity index (χ3n) is 4.45. The van der Waals surface area contributed by atoms with Crippen molar-refractivity contribution in [1.82, 2.24) is 10.3 Å². The molecule has 132 valence electrons. The first kappa shape index (κ1) is 17.3. The maximum absolute atomic E-state index is 12.5. The van der Waals surface area contributed by atoms with Gasteiger partial charge in [-0.3, -0.25) is 14.9 Å². The number of halogens is 2. The summed E-state index contributed by atoms with van der Waals surface area (Å²) in [6.45, 7) is 3.59. The molecule has 1 aliphatic rings. The van der Waals surface area contributed by atoms with Gasteiger partial charge >= 0.3 is 0 Å². The minimum atomic E-state index is -0.791. The number of hydrogen-bond donors (Lipinski definition) is 2. The summed E-state index contributed by atoms with van der Waals surface area (Å²) in [5.74, 6) is -0.707. The number of nitrogens with zero attached hydrogens (tertiary/aromatic N) is 1. The number of benzene rings is 2. The molecule has 1 aromatic heterocycles. The van der Waals surface area contributed by atoms with Gasteiger partial charge in [-0.05, 0) is 37.6 Å². The van der Waals surface area contributed by atoms with Gasteiger partial charge in [0.15, 0.2) is 5.13 Å². The highest BCUT2D eigenvalue weighted by atomic mass is 35.5. The molecule has 0 bridgehead atoms. The molecule has 8 heteroatoms. The van der Waals surface area contributed by atoms with E-state index in [2.05, 4.69) is 15.6 Å². The average Bonchev–Trinajstić information content (AvgIpc) is 2.98. The number of nitrogens with one attached hydrogen (secondary N) is 2. The summed E-state index contributed by atoms with van der Waals surface area (Å²) in [7, 11) is 0. The summed E-state index contributed by atoms with van der Waals surface area (Å²) in [4.78, 5) is 29.1. The van der Waals surface area contributed by atoms with Gasteiger partial charge in [0, 0.05) is 0 Å². The summed E-state index contributed by atoms with van der Waals surface area (Å²) < 4.78 is 0.714. The molecule has 0 saturated carbocycles. The Hall–Kier alpha value is -2.15. The van der Waals surface area contributed by atoms with Crippen LogP contribution in [0.3, 0.4) is 0 Å². The number of fused-ring (bicyclic) bond motifs is 3. The standard InChI is InChI=1S/C18H13Cl2N3O2S/c1-18(2)8-6-7-11-14(12(8)15(24)23-16(18)25)26-17(21-11)22-13-9(19)4-3-5-10(13)20/h3-7H,1-2H3,(H,21,22)(H,23,24,25). The van der Waals surface area contributed by atoms with Crippen LogP contribution in [0.2, 0.25) is 10.0 Å². The van der Waals surface area contributed by atoms with Crippen molar-refractivity contribution in [3.05, 3.63) is 51.5 Å². The Balaban J connectivity index is 1.86. The lowest BCUT2D eigenvalue weighted by Gasteiger charge is -2.30. The predicted octanol–water partition coefficient (Wildman–Crippen LogP) is 4.89. The minimum Gasteiger partial charge on any atom is -0.329 e. The van der Waals surface area contributed by atoms with Gasteiger partial charge in [0.25, 0.3) is 5.91 Å². The molecule has 2 aromatic carbocycles. The summed E-state index contributed by atoms with van der Waals surface area (Å²) in [5.41, 5.74) is 1.62. The molecule has 0 saturated heterocycles. The zero-order chi connectivity index (χ0) is 18.6. The molecule has 0 atom stereocenters. The van der Waals surface area contributed by atoms with E-state index in [0.717, 1.165) is 0 Å². The van der Waals surface area contributed by atoms with Crippen LogP contribution in [-0.4, -0.2) is 16.8 Å². The fourth-order valence-electron chi connectivity index (χ4n) is 2.96. The number of imide groups is 1. The van der Waals surface area contributed by atoms with Crippen molar-refractivity contribution in [3.63, 3.8) is 0 Å². The second kappa shape index (κ2) is 5.94. The Labute approximate surface area is 163 Å². The number of aromatic nitrogens is 1. The first-order valence-electron chi connectivity index (χ1n) is 7.80. The second-order valence-electron chi connectivity index (χ2n) is 6.49. The van der Waals surface area contributed by atoms with E-state index in [-0.39, 0.29) is 5.91 Å². The number of para-hydroxylation sites is 1. The topological polar surface area (TPSA) is 71.1 Å². The average molecular weight is 406 g/mol. The molecular formula is C18H13Cl2N3O2S. The van der Waals surface area contributed by atoms with E-state index in [1.165, 1.54) is 11.3 Å². The molecule has 2 heterocycles. The fraction of sp³-hybridized carbons (Fsp3) is 0.167.